The minimum atomic E-state index is 0. The van der Waals surface area contributed by atoms with E-state index < -0.39 is 0 Å². The summed E-state index contributed by atoms with van der Waals surface area (Å²) in [5.41, 5.74) is 3.14. The maximum Gasteiger partial charge on any atom is 0.253 e. The molecule has 1 amide bonds. The van der Waals surface area contributed by atoms with E-state index >= 15 is 0 Å². The number of hydrogen-bond donors (Lipinski definition) is 2. The predicted octanol–water partition coefficient (Wildman–Crippen LogP) is 3.62. The quantitative estimate of drug-likeness (QED) is 0.269. The fraction of sp³-hybridized carbons (Fsp3) is 0.440. The van der Waals surface area contributed by atoms with Crippen LogP contribution in [0.1, 0.15) is 35.3 Å². The van der Waals surface area contributed by atoms with Gasteiger partial charge >= 0.3 is 0 Å². The van der Waals surface area contributed by atoms with E-state index in [-0.39, 0.29) is 29.9 Å². The molecule has 176 valence electrons. The number of rotatable bonds is 10. The molecule has 0 aliphatic heterocycles. The Labute approximate surface area is 210 Å². The van der Waals surface area contributed by atoms with E-state index in [1.807, 2.05) is 24.3 Å². The van der Waals surface area contributed by atoms with Gasteiger partial charge in [0, 0.05) is 45.8 Å². The number of nitrogens with one attached hydrogen (secondary N) is 2. The molecule has 6 nitrogen and oxygen atoms in total. The molecular formula is C25H38IN5O. The van der Waals surface area contributed by atoms with E-state index in [0.717, 1.165) is 37.6 Å². The number of amides is 1. The van der Waals surface area contributed by atoms with Crippen molar-refractivity contribution in [3.8, 4) is 0 Å². The van der Waals surface area contributed by atoms with Crippen LogP contribution in [0.3, 0.4) is 0 Å². The first-order valence-electron chi connectivity index (χ1n) is 11.0. The fourth-order valence-corrected chi connectivity index (χ4v) is 3.60. The molecule has 1 atom stereocenters. The minimum Gasteiger partial charge on any atom is -0.355 e. The van der Waals surface area contributed by atoms with Crippen molar-refractivity contribution in [3.63, 3.8) is 0 Å². The normalized spacial score (nSPS) is 12.1. The Hall–Kier alpha value is -2.13. The van der Waals surface area contributed by atoms with Crippen LogP contribution >= 0.6 is 24.0 Å². The van der Waals surface area contributed by atoms with Gasteiger partial charge in [-0.05, 0) is 42.8 Å². The van der Waals surface area contributed by atoms with Crippen LogP contribution in [-0.4, -0.2) is 68.5 Å². The molecule has 0 saturated heterocycles. The summed E-state index contributed by atoms with van der Waals surface area (Å²) >= 11 is 0. The third kappa shape index (κ3) is 8.78. The van der Waals surface area contributed by atoms with Gasteiger partial charge in [0.25, 0.3) is 5.91 Å². The lowest BCUT2D eigenvalue weighted by molar-refractivity contribution is 0.0827. The van der Waals surface area contributed by atoms with Gasteiger partial charge in [-0.2, -0.15) is 0 Å². The van der Waals surface area contributed by atoms with Gasteiger partial charge in [0.15, 0.2) is 5.96 Å². The lowest BCUT2D eigenvalue weighted by atomic mass is 10.0. The van der Waals surface area contributed by atoms with E-state index in [2.05, 4.69) is 64.7 Å². The maximum absolute atomic E-state index is 12.0. The van der Waals surface area contributed by atoms with Crippen molar-refractivity contribution in [3.05, 3.63) is 71.3 Å². The minimum absolute atomic E-state index is 0. The summed E-state index contributed by atoms with van der Waals surface area (Å²) in [7, 11) is 5.31. The summed E-state index contributed by atoms with van der Waals surface area (Å²) in [6.45, 7) is 7.90. The van der Waals surface area contributed by atoms with Crippen LogP contribution in [0, 0.1) is 0 Å². The van der Waals surface area contributed by atoms with Crippen LogP contribution in [0.4, 0.5) is 0 Å². The number of likely N-dealkylation sites (N-methyl/N-ethyl adjacent to an activating group) is 1. The van der Waals surface area contributed by atoms with E-state index in [9.17, 15) is 4.79 Å². The molecule has 0 radical (unpaired) electrons. The Morgan fingerprint density at radius 3 is 2.09 bits per heavy atom. The van der Waals surface area contributed by atoms with Crippen LogP contribution in [0.25, 0.3) is 0 Å². The lowest BCUT2D eigenvalue weighted by Crippen LogP contribution is -2.48. The number of guanidine groups is 1. The first-order chi connectivity index (χ1) is 15.0. The van der Waals surface area contributed by atoms with Crippen LogP contribution in [-0.2, 0) is 13.0 Å². The summed E-state index contributed by atoms with van der Waals surface area (Å²) < 4.78 is 0. The number of halogens is 1. The molecule has 0 aliphatic rings. The average Bonchev–Trinajstić information content (AvgIpc) is 2.80. The Morgan fingerprint density at radius 2 is 1.56 bits per heavy atom. The summed E-state index contributed by atoms with van der Waals surface area (Å²) in [4.78, 5) is 20.5. The van der Waals surface area contributed by atoms with Crippen LogP contribution in [0.5, 0.6) is 0 Å². The molecule has 2 aromatic rings. The topological polar surface area (TPSA) is 60.0 Å². The van der Waals surface area contributed by atoms with Crippen molar-refractivity contribution in [2.45, 2.75) is 32.9 Å². The molecule has 0 aliphatic carbocycles. The van der Waals surface area contributed by atoms with Crippen LogP contribution in [0.2, 0.25) is 0 Å². The van der Waals surface area contributed by atoms with Crippen LogP contribution < -0.4 is 10.6 Å². The van der Waals surface area contributed by atoms with E-state index in [1.165, 1.54) is 5.56 Å². The summed E-state index contributed by atoms with van der Waals surface area (Å²) in [6, 6.07) is 18.7. The van der Waals surface area contributed by atoms with Gasteiger partial charge in [-0.1, -0.05) is 56.3 Å². The second-order valence-electron chi connectivity index (χ2n) is 7.77. The summed E-state index contributed by atoms with van der Waals surface area (Å²) in [6.07, 6.45) is 0.994. The van der Waals surface area contributed by atoms with Crippen LogP contribution in [0.15, 0.2) is 59.6 Å². The molecule has 0 fully saturated rings. The van der Waals surface area contributed by atoms with Crippen molar-refractivity contribution in [1.82, 2.24) is 20.4 Å². The Kier molecular flexibility index (Phi) is 12.9. The molecule has 2 aromatic carbocycles. The smallest absolute Gasteiger partial charge is 0.253 e. The van der Waals surface area contributed by atoms with Gasteiger partial charge in [0.1, 0.15) is 0 Å². The van der Waals surface area contributed by atoms with Gasteiger partial charge in [-0.15, -0.1) is 24.0 Å². The number of hydrogen-bond acceptors (Lipinski definition) is 3. The van der Waals surface area contributed by atoms with Crippen molar-refractivity contribution in [1.29, 1.82) is 0 Å². The molecule has 7 heteroatoms. The molecule has 2 rings (SSSR count). The predicted molar refractivity (Wildman–Crippen MR) is 145 cm³/mol. The number of aliphatic imine (C=N–C) groups is 1. The second kappa shape index (κ2) is 14.8. The monoisotopic (exact) mass is 551 g/mol. The molecule has 0 saturated carbocycles. The zero-order chi connectivity index (χ0) is 22.6. The lowest BCUT2D eigenvalue weighted by Gasteiger charge is -2.30. The largest absolute Gasteiger partial charge is 0.355 e. The molecule has 1 unspecified atom stereocenters. The maximum atomic E-state index is 12.0. The highest BCUT2D eigenvalue weighted by Gasteiger charge is 2.17. The number of benzene rings is 2. The number of carbonyl (C=O) groups is 1. The zero-order valence-corrected chi connectivity index (χ0v) is 22.3. The van der Waals surface area contributed by atoms with Crippen molar-refractivity contribution < 1.29 is 4.79 Å². The third-order valence-corrected chi connectivity index (χ3v) is 5.44. The molecule has 32 heavy (non-hydrogen) atoms. The first-order valence-corrected chi connectivity index (χ1v) is 11.0. The number of nitrogens with zero attached hydrogens (tertiary/aromatic N) is 3. The Balaban J connectivity index is 0.00000512. The highest BCUT2D eigenvalue weighted by atomic mass is 127. The van der Waals surface area contributed by atoms with Gasteiger partial charge in [-0.3, -0.25) is 14.7 Å². The summed E-state index contributed by atoms with van der Waals surface area (Å²) in [5, 5.41) is 6.87. The molecule has 0 bridgehead atoms. The van der Waals surface area contributed by atoms with Gasteiger partial charge in [0.2, 0.25) is 0 Å². The van der Waals surface area contributed by atoms with E-state index in [4.69, 9.17) is 0 Å². The van der Waals surface area contributed by atoms with E-state index in [0.29, 0.717) is 18.2 Å². The zero-order valence-electron chi connectivity index (χ0n) is 20.0. The number of carbonyl (C=O) groups excluding carboxylic acids is 1. The molecule has 2 N–H and O–H groups in total. The first kappa shape index (κ1) is 27.9. The van der Waals surface area contributed by atoms with Crippen molar-refractivity contribution in [2.24, 2.45) is 4.99 Å². The van der Waals surface area contributed by atoms with Crippen molar-refractivity contribution in [2.75, 3.05) is 40.8 Å². The van der Waals surface area contributed by atoms with Gasteiger partial charge < -0.3 is 15.5 Å². The SMILES string of the molecule is CCN(CC)C(CNC(=NC)NCc1ccc(C(=O)N(C)C)cc1)Cc1ccccc1.I. The third-order valence-electron chi connectivity index (χ3n) is 5.44. The fourth-order valence-electron chi connectivity index (χ4n) is 3.60. The Morgan fingerprint density at radius 1 is 0.938 bits per heavy atom. The molecule has 0 spiro atoms. The second-order valence-corrected chi connectivity index (χ2v) is 7.77. The molecular weight excluding hydrogens is 513 g/mol. The van der Waals surface area contributed by atoms with Gasteiger partial charge in [-0.25, -0.2) is 0 Å². The van der Waals surface area contributed by atoms with Gasteiger partial charge in [0.05, 0.1) is 0 Å². The highest BCUT2D eigenvalue weighted by molar-refractivity contribution is 14.0. The molecule has 0 heterocycles. The molecule has 0 aromatic heterocycles. The highest BCUT2D eigenvalue weighted by Crippen LogP contribution is 2.09. The van der Waals surface area contributed by atoms with Crippen molar-refractivity contribution >= 4 is 35.8 Å². The van der Waals surface area contributed by atoms with E-state index in [1.54, 1.807) is 26.0 Å². The summed E-state index contributed by atoms with van der Waals surface area (Å²) in [5.74, 6) is 0.788. The standard InChI is InChI=1S/C25H37N5O.HI/c1-6-30(7-2)23(17-20-11-9-8-10-12-20)19-28-25(26-3)27-18-21-13-15-22(16-14-21)24(31)29(4)5;/h8-16,23H,6-7,17-19H2,1-5H3,(H2,26,27,28);1H. The average molecular weight is 552 g/mol. The Bertz CT molecular complexity index is 820.